The molecule has 1 aromatic heterocycles. The van der Waals surface area contributed by atoms with E-state index in [0.717, 1.165) is 57.9 Å². The van der Waals surface area contributed by atoms with E-state index in [1.165, 1.54) is 5.69 Å². The SMILES string of the molecule is O=C(C1CCN(c2ccncc2)CC1)N1CCN(Oc2ccccc2)CC1. The lowest BCUT2D eigenvalue weighted by molar-refractivity contribution is -0.144. The lowest BCUT2D eigenvalue weighted by Gasteiger charge is -2.38. The maximum atomic E-state index is 12.9. The van der Waals surface area contributed by atoms with Crippen molar-refractivity contribution < 1.29 is 9.63 Å². The third kappa shape index (κ3) is 4.39. The molecule has 0 aliphatic carbocycles. The topological polar surface area (TPSA) is 48.9 Å². The van der Waals surface area contributed by atoms with Crippen molar-refractivity contribution in [3.8, 4) is 5.75 Å². The van der Waals surface area contributed by atoms with Gasteiger partial charge in [-0.25, -0.2) is 0 Å². The number of benzene rings is 1. The number of piperazine rings is 1. The Morgan fingerprint density at radius 2 is 1.56 bits per heavy atom. The van der Waals surface area contributed by atoms with Gasteiger partial charge in [-0.05, 0) is 37.1 Å². The van der Waals surface area contributed by atoms with Gasteiger partial charge in [0.25, 0.3) is 0 Å². The highest BCUT2D eigenvalue weighted by Gasteiger charge is 2.30. The van der Waals surface area contributed by atoms with E-state index in [1.807, 2.05) is 64.8 Å². The van der Waals surface area contributed by atoms with Crippen molar-refractivity contribution in [1.29, 1.82) is 0 Å². The van der Waals surface area contributed by atoms with Crippen LogP contribution in [0.3, 0.4) is 0 Å². The van der Waals surface area contributed by atoms with Gasteiger partial charge < -0.3 is 14.6 Å². The van der Waals surface area contributed by atoms with Gasteiger partial charge in [-0.3, -0.25) is 9.78 Å². The Balaban J connectivity index is 1.24. The number of nitrogens with zero attached hydrogens (tertiary/aromatic N) is 4. The predicted molar refractivity (Wildman–Crippen MR) is 104 cm³/mol. The standard InChI is InChI=1S/C21H26N4O2/c26-21(18-8-12-23(13-9-18)19-6-10-22-11-7-19)24-14-16-25(17-15-24)27-20-4-2-1-3-5-20/h1-7,10-11,18H,8-9,12-17H2. The molecule has 0 bridgehead atoms. The van der Waals surface area contributed by atoms with Gasteiger partial charge in [0.15, 0.2) is 0 Å². The van der Waals surface area contributed by atoms with E-state index in [0.29, 0.717) is 5.91 Å². The Bertz CT molecular complexity index is 724. The molecular weight excluding hydrogens is 340 g/mol. The van der Waals surface area contributed by atoms with Gasteiger partial charge in [0.1, 0.15) is 5.75 Å². The van der Waals surface area contributed by atoms with Crippen LogP contribution in [0.25, 0.3) is 0 Å². The molecule has 2 fully saturated rings. The number of rotatable bonds is 4. The summed E-state index contributed by atoms with van der Waals surface area (Å²) in [5, 5.41) is 1.95. The molecule has 2 aliphatic rings. The minimum Gasteiger partial charge on any atom is -0.406 e. The zero-order chi connectivity index (χ0) is 18.5. The summed E-state index contributed by atoms with van der Waals surface area (Å²) in [6, 6.07) is 13.9. The Labute approximate surface area is 160 Å². The molecule has 0 saturated carbocycles. The Kier molecular flexibility index (Phi) is 5.53. The van der Waals surface area contributed by atoms with Crippen LogP contribution in [0.4, 0.5) is 5.69 Å². The van der Waals surface area contributed by atoms with Crippen LogP contribution in [-0.4, -0.2) is 60.1 Å². The zero-order valence-electron chi connectivity index (χ0n) is 15.5. The molecule has 2 aliphatic heterocycles. The highest BCUT2D eigenvalue weighted by molar-refractivity contribution is 5.79. The summed E-state index contributed by atoms with van der Waals surface area (Å²) in [6.07, 6.45) is 5.48. The van der Waals surface area contributed by atoms with Crippen molar-refractivity contribution in [2.75, 3.05) is 44.2 Å². The number of carbonyl (C=O) groups excluding carboxylic acids is 1. The number of anilines is 1. The minimum atomic E-state index is 0.143. The zero-order valence-corrected chi connectivity index (χ0v) is 15.5. The third-order valence-electron chi connectivity index (χ3n) is 5.40. The van der Waals surface area contributed by atoms with Crippen LogP contribution >= 0.6 is 0 Å². The van der Waals surface area contributed by atoms with E-state index in [2.05, 4.69) is 9.88 Å². The summed E-state index contributed by atoms with van der Waals surface area (Å²) in [4.78, 5) is 27.2. The maximum Gasteiger partial charge on any atom is 0.225 e. The third-order valence-corrected chi connectivity index (χ3v) is 5.40. The minimum absolute atomic E-state index is 0.143. The van der Waals surface area contributed by atoms with E-state index in [9.17, 15) is 4.79 Å². The first-order chi connectivity index (χ1) is 13.3. The van der Waals surface area contributed by atoms with E-state index < -0.39 is 0 Å². The van der Waals surface area contributed by atoms with Crippen molar-refractivity contribution >= 4 is 11.6 Å². The number of pyridine rings is 1. The van der Waals surface area contributed by atoms with E-state index in [1.54, 1.807) is 0 Å². The van der Waals surface area contributed by atoms with Gasteiger partial charge in [0, 0.05) is 50.2 Å². The molecule has 0 unspecified atom stereocenters. The Morgan fingerprint density at radius 1 is 0.889 bits per heavy atom. The number of hydroxylamine groups is 2. The molecular formula is C21H26N4O2. The molecule has 1 aromatic carbocycles. The fraction of sp³-hybridized carbons (Fsp3) is 0.429. The van der Waals surface area contributed by atoms with Gasteiger partial charge in [-0.2, -0.15) is 0 Å². The Morgan fingerprint density at radius 3 is 2.22 bits per heavy atom. The summed E-state index contributed by atoms with van der Waals surface area (Å²) < 4.78 is 0. The first-order valence-electron chi connectivity index (χ1n) is 9.71. The first-order valence-corrected chi connectivity index (χ1v) is 9.71. The molecule has 6 heteroatoms. The highest BCUT2D eigenvalue weighted by Crippen LogP contribution is 2.24. The molecule has 0 N–H and O–H groups in total. The highest BCUT2D eigenvalue weighted by atomic mass is 16.7. The number of para-hydroxylation sites is 1. The van der Waals surface area contributed by atoms with Crippen LogP contribution in [0.1, 0.15) is 12.8 Å². The largest absolute Gasteiger partial charge is 0.406 e. The average Bonchev–Trinajstić information content (AvgIpc) is 2.75. The van der Waals surface area contributed by atoms with Crippen molar-refractivity contribution in [1.82, 2.24) is 14.9 Å². The molecule has 2 saturated heterocycles. The second kappa shape index (κ2) is 8.39. The van der Waals surface area contributed by atoms with Crippen molar-refractivity contribution in [3.63, 3.8) is 0 Å². The fourth-order valence-electron chi connectivity index (χ4n) is 3.83. The number of aromatic nitrogens is 1. The van der Waals surface area contributed by atoms with Crippen molar-refractivity contribution in [2.45, 2.75) is 12.8 Å². The number of hydrogen-bond donors (Lipinski definition) is 0. The summed E-state index contributed by atoms with van der Waals surface area (Å²) in [6.45, 7) is 4.81. The predicted octanol–water partition coefficient (Wildman–Crippen LogP) is 2.44. The maximum absolute atomic E-state index is 12.9. The normalized spacial score (nSPS) is 19.1. The average molecular weight is 366 g/mol. The number of hydrogen-bond acceptors (Lipinski definition) is 5. The second-order valence-corrected chi connectivity index (χ2v) is 7.13. The van der Waals surface area contributed by atoms with E-state index >= 15 is 0 Å². The van der Waals surface area contributed by atoms with Crippen molar-refractivity contribution in [3.05, 3.63) is 54.9 Å². The number of amides is 1. The van der Waals surface area contributed by atoms with Crippen LogP contribution < -0.4 is 9.74 Å². The van der Waals surface area contributed by atoms with Gasteiger partial charge >= 0.3 is 0 Å². The van der Waals surface area contributed by atoms with Crippen LogP contribution in [0, 0.1) is 5.92 Å². The summed E-state index contributed by atoms with van der Waals surface area (Å²) in [5.41, 5.74) is 1.20. The molecule has 142 valence electrons. The molecule has 0 spiro atoms. The summed E-state index contributed by atoms with van der Waals surface area (Å²) in [7, 11) is 0. The van der Waals surface area contributed by atoms with E-state index in [-0.39, 0.29) is 5.92 Å². The van der Waals surface area contributed by atoms with Gasteiger partial charge in [0.05, 0.1) is 13.1 Å². The lowest BCUT2D eigenvalue weighted by Crippen LogP contribution is -2.52. The first kappa shape index (κ1) is 17.8. The van der Waals surface area contributed by atoms with Gasteiger partial charge in [-0.15, -0.1) is 5.06 Å². The fourth-order valence-corrected chi connectivity index (χ4v) is 3.83. The molecule has 3 heterocycles. The van der Waals surface area contributed by atoms with Crippen LogP contribution in [0.5, 0.6) is 5.75 Å². The summed E-state index contributed by atoms with van der Waals surface area (Å²) in [5.74, 6) is 1.30. The number of piperidine rings is 1. The van der Waals surface area contributed by atoms with Crippen molar-refractivity contribution in [2.24, 2.45) is 5.92 Å². The van der Waals surface area contributed by atoms with Gasteiger partial charge in [-0.1, -0.05) is 18.2 Å². The van der Waals surface area contributed by atoms with Gasteiger partial charge in [0.2, 0.25) is 5.91 Å². The quantitative estimate of drug-likeness (QED) is 0.832. The molecule has 1 amide bonds. The Hall–Kier alpha value is -2.60. The molecule has 27 heavy (non-hydrogen) atoms. The van der Waals surface area contributed by atoms with Crippen LogP contribution in [0.15, 0.2) is 54.9 Å². The van der Waals surface area contributed by atoms with E-state index in [4.69, 9.17) is 4.84 Å². The molecule has 0 radical (unpaired) electrons. The summed E-state index contributed by atoms with van der Waals surface area (Å²) >= 11 is 0. The molecule has 2 aromatic rings. The van der Waals surface area contributed by atoms with Crippen LogP contribution in [-0.2, 0) is 4.79 Å². The molecule has 6 nitrogen and oxygen atoms in total. The number of carbonyl (C=O) groups is 1. The molecule has 0 atom stereocenters. The van der Waals surface area contributed by atoms with Crippen LogP contribution in [0.2, 0.25) is 0 Å². The smallest absolute Gasteiger partial charge is 0.225 e. The second-order valence-electron chi connectivity index (χ2n) is 7.13. The molecule has 4 rings (SSSR count). The monoisotopic (exact) mass is 366 g/mol. The lowest BCUT2D eigenvalue weighted by atomic mass is 9.94.